The molecule has 4 rings (SSSR count). The van der Waals surface area contributed by atoms with Crippen molar-refractivity contribution in [1.82, 2.24) is 4.31 Å². The molecule has 3 aromatic rings. The van der Waals surface area contributed by atoms with E-state index in [9.17, 15) is 8.42 Å². The van der Waals surface area contributed by atoms with Gasteiger partial charge in [-0.1, -0.05) is 67.9 Å². The molecule has 0 N–H and O–H groups in total. The summed E-state index contributed by atoms with van der Waals surface area (Å²) in [5.74, 6) is 0. The zero-order valence-corrected chi connectivity index (χ0v) is 18.8. The van der Waals surface area contributed by atoms with Gasteiger partial charge in [0.05, 0.1) is 4.90 Å². The molecule has 0 saturated heterocycles. The van der Waals surface area contributed by atoms with E-state index in [0.29, 0.717) is 18.0 Å². The molecule has 1 aliphatic heterocycles. The SMILES string of the molecule is CCc1cc(Cc2ccccc2)c(CC)c2c1CN(S(=O)(=O)c1ccc(C)cc1)C2. The summed E-state index contributed by atoms with van der Waals surface area (Å²) < 4.78 is 28.3. The van der Waals surface area contributed by atoms with Crippen LogP contribution in [0.1, 0.15) is 52.8 Å². The second-order valence-electron chi connectivity index (χ2n) is 8.09. The van der Waals surface area contributed by atoms with Gasteiger partial charge in [-0.05, 0) is 71.7 Å². The first-order valence-electron chi connectivity index (χ1n) is 10.7. The van der Waals surface area contributed by atoms with E-state index in [1.54, 1.807) is 16.4 Å². The van der Waals surface area contributed by atoms with Crippen LogP contribution in [0.4, 0.5) is 0 Å². The van der Waals surface area contributed by atoms with Crippen molar-refractivity contribution >= 4 is 10.0 Å². The average molecular weight is 420 g/mol. The Labute approximate surface area is 180 Å². The zero-order chi connectivity index (χ0) is 21.3. The number of aryl methyl sites for hydroxylation is 2. The molecule has 1 heterocycles. The van der Waals surface area contributed by atoms with E-state index >= 15 is 0 Å². The standard InChI is InChI=1S/C26H29NO2S/c1-4-21-16-22(15-20-9-7-6-8-10-20)24(5-2)26-18-27(17-25(21)26)30(28,29)23-13-11-19(3)12-14-23/h6-14,16H,4-5,15,17-18H2,1-3H3. The monoisotopic (exact) mass is 419 g/mol. The minimum atomic E-state index is -3.51. The van der Waals surface area contributed by atoms with Crippen molar-refractivity contribution in [2.75, 3.05) is 0 Å². The highest BCUT2D eigenvalue weighted by atomic mass is 32.2. The van der Waals surface area contributed by atoms with Crippen LogP contribution in [0, 0.1) is 6.92 Å². The van der Waals surface area contributed by atoms with E-state index < -0.39 is 10.0 Å². The fourth-order valence-electron chi connectivity index (χ4n) is 4.51. The number of hydrogen-bond donors (Lipinski definition) is 0. The maximum atomic E-state index is 13.3. The van der Waals surface area contributed by atoms with Gasteiger partial charge in [-0.2, -0.15) is 4.31 Å². The summed E-state index contributed by atoms with van der Waals surface area (Å²) in [5.41, 5.74) is 8.69. The van der Waals surface area contributed by atoms with Crippen LogP contribution < -0.4 is 0 Å². The van der Waals surface area contributed by atoms with Gasteiger partial charge in [0.25, 0.3) is 0 Å². The molecule has 30 heavy (non-hydrogen) atoms. The van der Waals surface area contributed by atoms with Gasteiger partial charge in [-0.3, -0.25) is 0 Å². The second kappa shape index (κ2) is 8.37. The molecule has 3 nitrogen and oxygen atoms in total. The highest BCUT2D eigenvalue weighted by molar-refractivity contribution is 7.89. The summed E-state index contributed by atoms with van der Waals surface area (Å²) in [6, 6.07) is 20.0. The maximum absolute atomic E-state index is 13.3. The predicted molar refractivity (Wildman–Crippen MR) is 122 cm³/mol. The van der Waals surface area contributed by atoms with Crippen LogP contribution in [0.2, 0.25) is 0 Å². The highest BCUT2D eigenvalue weighted by Gasteiger charge is 2.33. The van der Waals surface area contributed by atoms with Crippen molar-refractivity contribution in [3.8, 4) is 0 Å². The lowest BCUT2D eigenvalue weighted by Crippen LogP contribution is -2.25. The third kappa shape index (κ3) is 3.82. The van der Waals surface area contributed by atoms with E-state index in [-0.39, 0.29) is 0 Å². The van der Waals surface area contributed by atoms with Crippen molar-refractivity contribution in [3.63, 3.8) is 0 Å². The van der Waals surface area contributed by atoms with Gasteiger partial charge in [0.1, 0.15) is 0 Å². The number of nitrogens with zero attached hydrogens (tertiary/aromatic N) is 1. The normalized spacial score (nSPS) is 14.1. The van der Waals surface area contributed by atoms with Gasteiger partial charge in [0.2, 0.25) is 10.0 Å². The molecule has 0 fully saturated rings. The Kier molecular flexibility index (Phi) is 5.81. The minimum Gasteiger partial charge on any atom is -0.207 e. The van der Waals surface area contributed by atoms with E-state index in [4.69, 9.17) is 0 Å². The molecule has 3 aromatic carbocycles. The maximum Gasteiger partial charge on any atom is 0.243 e. The van der Waals surface area contributed by atoms with E-state index in [1.807, 2.05) is 25.1 Å². The summed E-state index contributed by atoms with van der Waals surface area (Å²) >= 11 is 0. The van der Waals surface area contributed by atoms with Crippen LogP contribution in [-0.4, -0.2) is 12.7 Å². The van der Waals surface area contributed by atoms with Crippen molar-refractivity contribution < 1.29 is 8.42 Å². The largest absolute Gasteiger partial charge is 0.243 e. The fraction of sp³-hybridized carbons (Fsp3) is 0.308. The van der Waals surface area contributed by atoms with Crippen LogP contribution in [0.25, 0.3) is 0 Å². The van der Waals surface area contributed by atoms with Crippen LogP contribution in [-0.2, 0) is 42.4 Å². The number of hydrogen-bond acceptors (Lipinski definition) is 2. The first-order chi connectivity index (χ1) is 14.4. The number of rotatable bonds is 6. The van der Waals surface area contributed by atoms with E-state index in [2.05, 4.69) is 44.2 Å². The molecule has 4 heteroatoms. The average Bonchev–Trinajstić information content (AvgIpc) is 3.20. The van der Waals surface area contributed by atoms with Gasteiger partial charge in [-0.15, -0.1) is 0 Å². The van der Waals surface area contributed by atoms with Gasteiger partial charge >= 0.3 is 0 Å². The molecule has 0 atom stereocenters. The second-order valence-corrected chi connectivity index (χ2v) is 10.0. The molecule has 0 aliphatic carbocycles. The summed E-state index contributed by atoms with van der Waals surface area (Å²) in [6.45, 7) is 7.23. The van der Waals surface area contributed by atoms with Crippen molar-refractivity contribution in [2.24, 2.45) is 0 Å². The summed E-state index contributed by atoms with van der Waals surface area (Å²) in [4.78, 5) is 0.376. The molecule has 0 saturated carbocycles. The van der Waals surface area contributed by atoms with Crippen molar-refractivity contribution in [3.05, 3.63) is 99.6 Å². The topological polar surface area (TPSA) is 37.4 Å². The first-order valence-corrected chi connectivity index (χ1v) is 12.1. The Morgan fingerprint density at radius 3 is 2.13 bits per heavy atom. The zero-order valence-electron chi connectivity index (χ0n) is 18.0. The predicted octanol–water partition coefficient (Wildman–Crippen LogP) is 5.42. The molecular formula is C26H29NO2S. The lowest BCUT2D eigenvalue weighted by Gasteiger charge is -2.17. The van der Waals surface area contributed by atoms with Gasteiger partial charge in [0, 0.05) is 13.1 Å². The molecule has 0 spiro atoms. The van der Waals surface area contributed by atoms with Crippen LogP contribution in [0.3, 0.4) is 0 Å². The Hall–Kier alpha value is -2.43. The Morgan fingerprint density at radius 1 is 0.833 bits per heavy atom. The molecule has 0 radical (unpaired) electrons. The third-order valence-electron chi connectivity index (χ3n) is 6.15. The summed E-state index contributed by atoms with van der Waals surface area (Å²) in [6.07, 6.45) is 2.70. The number of fused-ring (bicyclic) bond motifs is 1. The van der Waals surface area contributed by atoms with Gasteiger partial charge < -0.3 is 0 Å². The highest BCUT2D eigenvalue weighted by Crippen LogP contribution is 2.36. The summed E-state index contributed by atoms with van der Waals surface area (Å²) in [5, 5.41) is 0. The van der Waals surface area contributed by atoms with Gasteiger partial charge in [-0.25, -0.2) is 8.42 Å². The summed E-state index contributed by atoms with van der Waals surface area (Å²) in [7, 11) is -3.51. The first kappa shape index (κ1) is 20.8. The van der Waals surface area contributed by atoms with Crippen LogP contribution in [0.15, 0.2) is 65.6 Å². The molecule has 0 unspecified atom stereocenters. The molecular weight excluding hydrogens is 390 g/mol. The van der Waals surface area contributed by atoms with Crippen LogP contribution in [0.5, 0.6) is 0 Å². The smallest absolute Gasteiger partial charge is 0.207 e. The Morgan fingerprint density at radius 2 is 1.50 bits per heavy atom. The minimum absolute atomic E-state index is 0.376. The van der Waals surface area contributed by atoms with Crippen molar-refractivity contribution in [2.45, 2.75) is 58.0 Å². The molecule has 1 aliphatic rings. The Bertz CT molecular complexity index is 1150. The fourth-order valence-corrected chi connectivity index (χ4v) is 5.89. The molecule has 0 amide bonds. The number of sulfonamides is 1. The number of benzene rings is 3. The molecule has 156 valence electrons. The lowest BCUT2D eigenvalue weighted by molar-refractivity contribution is 0.430. The molecule has 0 bridgehead atoms. The molecule has 0 aromatic heterocycles. The quantitative estimate of drug-likeness (QED) is 0.535. The van der Waals surface area contributed by atoms with E-state index in [0.717, 1.165) is 24.8 Å². The van der Waals surface area contributed by atoms with Crippen LogP contribution >= 0.6 is 0 Å². The van der Waals surface area contributed by atoms with Crippen molar-refractivity contribution in [1.29, 1.82) is 0 Å². The van der Waals surface area contributed by atoms with Gasteiger partial charge in [0.15, 0.2) is 0 Å². The van der Waals surface area contributed by atoms with E-state index in [1.165, 1.54) is 33.4 Å². The Balaban J connectivity index is 1.73. The third-order valence-corrected chi connectivity index (χ3v) is 7.96. The lowest BCUT2D eigenvalue weighted by atomic mass is 9.88.